The third-order valence-electron chi connectivity index (χ3n) is 5.11. The smallest absolute Gasteiger partial charge is 0.265 e. The number of carbonyl (C=O) groups is 2. The monoisotopic (exact) mass is 414 g/mol. The standard InChI is InChI=1S/C23H27ClN2O3/c1-2-21(29-18-12-8-9-16(24)15-18)23(28)26-20-14-7-6-13-19(20)22(27)25-17-10-4-3-5-11-17/h6-9,12-15,17,21H,2-5,10-11H2,1H3,(H,25,27)(H,26,28)/t21-/m0/s1. The quantitative estimate of drug-likeness (QED) is 0.654. The molecule has 1 atom stereocenters. The Labute approximate surface area is 176 Å². The van der Waals surface area contributed by atoms with Crippen LogP contribution in [0.25, 0.3) is 0 Å². The first-order valence-corrected chi connectivity index (χ1v) is 10.6. The average molecular weight is 415 g/mol. The molecule has 1 aliphatic rings. The van der Waals surface area contributed by atoms with E-state index in [1.165, 1.54) is 6.42 Å². The molecule has 0 spiro atoms. The van der Waals surface area contributed by atoms with E-state index in [9.17, 15) is 9.59 Å². The van der Waals surface area contributed by atoms with Crippen LogP contribution in [0.4, 0.5) is 5.69 Å². The summed E-state index contributed by atoms with van der Waals surface area (Å²) in [4.78, 5) is 25.6. The molecule has 1 fully saturated rings. The van der Waals surface area contributed by atoms with E-state index < -0.39 is 6.10 Å². The number of rotatable bonds is 7. The number of anilines is 1. The number of nitrogens with one attached hydrogen (secondary N) is 2. The molecule has 6 heteroatoms. The zero-order valence-corrected chi connectivity index (χ0v) is 17.4. The number of ether oxygens (including phenoxy) is 1. The normalized spacial score (nSPS) is 15.4. The van der Waals surface area contributed by atoms with Gasteiger partial charge < -0.3 is 15.4 Å². The first-order valence-electron chi connectivity index (χ1n) is 10.2. The summed E-state index contributed by atoms with van der Waals surface area (Å²) in [6, 6.07) is 14.2. The molecule has 3 rings (SSSR count). The first kappa shape index (κ1) is 21.2. The van der Waals surface area contributed by atoms with Gasteiger partial charge in [-0.2, -0.15) is 0 Å². The Hall–Kier alpha value is -2.53. The lowest BCUT2D eigenvalue weighted by atomic mass is 9.95. The van der Waals surface area contributed by atoms with Gasteiger partial charge in [-0.1, -0.05) is 56.0 Å². The van der Waals surface area contributed by atoms with Gasteiger partial charge in [0.25, 0.3) is 11.8 Å². The largest absolute Gasteiger partial charge is 0.481 e. The van der Waals surface area contributed by atoms with Crippen LogP contribution in [0.15, 0.2) is 48.5 Å². The van der Waals surface area contributed by atoms with E-state index in [0.29, 0.717) is 28.4 Å². The molecule has 0 bridgehead atoms. The summed E-state index contributed by atoms with van der Waals surface area (Å²) in [6.45, 7) is 1.87. The van der Waals surface area contributed by atoms with Gasteiger partial charge in [-0.25, -0.2) is 0 Å². The van der Waals surface area contributed by atoms with Crippen LogP contribution < -0.4 is 15.4 Å². The topological polar surface area (TPSA) is 67.4 Å². The van der Waals surface area contributed by atoms with Crippen LogP contribution in [0.3, 0.4) is 0 Å². The molecule has 5 nitrogen and oxygen atoms in total. The third-order valence-corrected chi connectivity index (χ3v) is 5.34. The minimum atomic E-state index is -0.692. The summed E-state index contributed by atoms with van der Waals surface area (Å²) >= 11 is 5.99. The molecule has 2 aromatic rings. The van der Waals surface area contributed by atoms with E-state index in [1.807, 2.05) is 6.92 Å². The fraction of sp³-hybridized carbons (Fsp3) is 0.391. The number of hydrogen-bond donors (Lipinski definition) is 2. The highest BCUT2D eigenvalue weighted by Crippen LogP contribution is 2.22. The van der Waals surface area contributed by atoms with Crippen molar-refractivity contribution in [3.63, 3.8) is 0 Å². The number of hydrogen-bond acceptors (Lipinski definition) is 3. The number of para-hydroxylation sites is 1. The first-order chi connectivity index (χ1) is 14.1. The maximum Gasteiger partial charge on any atom is 0.265 e. The van der Waals surface area contributed by atoms with Crippen molar-refractivity contribution < 1.29 is 14.3 Å². The lowest BCUT2D eigenvalue weighted by molar-refractivity contribution is -0.122. The zero-order chi connectivity index (χ0) is 20.6. The van der Waals surface area contributed by atoms with Gasteiger partial charge in [0.05, 0.1) is 11.3 Å². The van der Waals surface area contributed by atoms with Crippen molar-refractivity contribution in [1.82, 2.24) is 5.32 Å². The van der Waals surface area contributed by atoms with Crippen molar-refractivity contribution in [2.24, 2.45) is 0 Å². The van der Waals surface area contributed by atoms with Crippen molar-refractivity contribution >= 4 is 29.1 Å². The highest BCUT2D eigenvalue weighted by Gasteiger charge is 2.22. The lowest BCUT2D eigenvalue weighted by Gasteiger charge is -2.23. The van der Waals surface area contributed by atoms with Gasteiger partial charge in [-0.05, 0) is 49.6 Å². The predicted octanol–water partition coefficient (Wildman–Crippen LogP) is 5.20. The van der Waals surface area contributed by atoms with Gasteiger partial charge in [0.1, 0.15) is 5.75 Å². The molecule has 2 N–H and O–H groups in total. The Kier molecular flexibility index (Phi) is 7.53. The predicted molar refractivity (Wildman–Crippen MR) is 116 cm³/mol. The highest BCUT2D eigenvalue weighted by atomic mass is 35.5. The highest BCUT2D eigenvalue weighted by molar-refractivity contribution is 6.30. The fourth-order valence-corrected chi connectivity index (χ4v) is 3.72. The Morgan fingerprint density at radius 2 is 1.86 bits per heavy atom. The Bertz CT molecular complexity index is 850. The van der Waals surface area contributed by atoms with Gasteiger partial charge in [-0.3, -0.25) is 9.59 Å². The van der Waals surface area contributed by atoms with Crippen LogP contribution in [-0.4, -0.2) is 24.0 Å². The van der Waals surface area contributed by atoms with Crippen molar-refractivity contribution in [3.8, 4) is 5.75 Å². The Balaban J connectivity index is 1.68. The molecule has 0 radical (unpaired) electrons. The average Bonchev–Trinajstić information content (AvgIpc) is 2.73. The molecule has 0 heterocycles. The van der Waals surface area contributed by atoms with Crippen LogP contribution in [0.1, 0.15) is 55.8 Å². The molecule has 0 aromatic heterocycles. The number of halogens is 1. The Morgan fingerprint density at radius 1 is 1.10 bits per heavy atom. The summed E-state index contributed by atoms with van der Waals surface area (Å²) in [5, 5.41) is 6.50. The van der Waals surface area contributed by atoms with Crippen LogP contribution in [-0.2, 0) is 4.79 Å². The van der Waals surface area contributed by atoms with Gasteiger partial charge in [0.15, 0.2) is 6.10 Å². The van der Waals surface area contributed by atoms with E-state index in [1.54, 1.807) is 48.5 Å². The van der Waals surface area contributed by atoms with E-state index in [2.05, 4.69) is 10.6 Å². The van der Waals surface area contributed by atoms with E-state index in [4.69, 9.17) is 16.3 Å². The summed E-state index contributed by atoms with van der Waals surface area (Å²) in [5.41, 5.74) is 0.947. The molecule has 29 heavy (non-hydrogen) atoms. The van der Waals surface area contributed by atoms with Gasteiger partial charge in [-0.15, -0.1) is 0 Å². The van der Waals surface area contributed by atoms with Crippen molar-refractivity contribution in [3.05, 3.63) is 59.1 Å². The maximum absolute atomic E-state index is 12.8. The minimum Gasteiger partial charge on any atom is -0.481 e. The summed E-state index contributed by atoms with van der Waals surface area (Å²) in [7, 11) is 0. The van der Waals surface area contributed by atoms with E-state index in [-0.39, 0.29) is 17.9 Å². The van der Waals surface area contributed by atoms with Gasteiger partial charge in [0, 0.05) is 11.1 Å². The molecule has 1 aliphatic carbocycles. The van der Waals surface area contributed by atoms with Crippen LogP contribution in [0, 0.1) is 0 Å². The third kappa shape index (κ3) is 5.97. The molecule has 1 saturated carbocycles. The summed E-state index contributed by atoms with van der Waals surface area (Å²) < 4.78 is 5.80. The molecular formula is C23H27ClN2O3. The van der Waals surface area contributed by atoms with Gasteiger partial charge >= 0.3 is 0 Å². The van der Waals surface area contributed by atoms with Crippen molar-refractivity contribution in [2.75, 3.05) is 5.32 Å². The second-order valence-corrected chi connectivity index (χ2v) is 7.75. The molecule has 0 saturated heterocycles. The summed E-state index contributed by atoms with van der Waals surface area (Å²) in [6.07, 6.45) is 5.31. The van der Waals surface area contributed by atoms with Crippen LogP contribution in [0.5, 0.6) is 5.75 Å². The molecule has 0 unspecified atom stereocenters. The van der Waals surface area contributed by atoms with Crippen LogP contribution >= 0.6 is 11.6 Å². The lowest BCUT2D eigenvalue weighted by Crippen LogP contribution is -2.37. The Morgan fingerprint density at radius 3 is 2.59 bits per heavy atom. The molecule has 0 aliphatic heterocycles. The fourth-order valence-electron chi connectivity index (χ4n) is 3.54. The molecular weight excluding hydrogens is 388 g/mol. The van der Waals surface area contributed by atoms with E-state index in [0.717, 1.165) is 25.7 Å². The van der Waals surface area contributed by atoms with Crippen molar-refractivity contribution in [2.45, 2.75) is 57.6 Å². The van der Waals surface area contributed by atoms with Crippen molar-refractivity contribution in [1.29, 1.82) is 0 Å². The second-order valence-electron chi connectivity index (χ2n) is 7.32. The number of carbonyl (C=O) groups excluding carboxylic acids is 2. The summed E-state index contributed by atoms with van der Waals surface area (Å²) in [5.74, 6) is 0.0739. The molecule has 154 valence electrons. The van der Waals surface area contributed by atoms with Crippen LogP contribution in [0.2, 0.25) is 5.02 Å². The number of benzene rings is 2. The molecule has 2 aromatic carbocycles. The van der Waals surface area contributed by atoms with Gasteiger partial charge in [0.2, 0.25) is 0 Å². The number of amides is 2. The SMILES string of the molecule is CC[C@H](Oc1cccc(Cl)c1)C(=O)Nc1ccccc1C(=O)NC1CCCCC1. The maximum atomic E-state index is 12.8. The molecule has 2 amide bonds. The zero-order valence-electron chi connectivity index (χ0n) is 16.6. The minimum absolute atomic E-state index is 0.156. The van der Waals surface area contributed by atoms with E-state index >= 15 is 0 Å². The second kappa shape index (κ2) is 10.3.